The highest BCUT2D eigenvalue weighted by atomic mass is 35.5. The molecule has 0 spiro atoms. The van der Waals surface area contributed by atoms with Gasteiger partial charge in [0.2, 0.25) is 5.91 Å². The molecule has 0 unspecified atom stereocenters. The fourth-order valence-corrected chi connectivity index (χ4v) is 1.90. The smallest absolute Gasteiger partial charge is 0.251 e. The first-order chi connectivity index (χ1) is 9.36. The van der Waals surface area contributed by atoms with Crippen molar-refractivity contribution >= 4 is 23.4 Å². The van der Waals surface area contributed by atoms with E-state index < -0.39 is 5.82 Å². The van der Waals surface area contributed by atoms with E-state index >= 15 is 0 Å². The van der Waals surface area contributed by atoms with Crippen LogP contribution in [0.15, 0.2) is 12.1 Å². The summed E-state index contributed by atoms with van der Waals surface area (Å²) >= 11 is 5.79. The van der Waals surface area contributed by atoms with Crippen LogP contribution in [0.4, 0.5) is 4.39 Å². The predicted octanol–water partition coefficient (Wildman–Crippen LogP) is 2.47. The highest BCUT2D eigenvalue weighted by Gasteiger charge is 2.15. The van der Waals surface area contributed by atoms with Gasteiger partial charge in [0, 0.05) is 25.6 Å². The molecule has 0 heterocycles. The molecule has 2 N–H and O–H groups in total. The maximum Gasteiger partial charge on any atom is 0.251 e. The Morgan fingerprint density at radius 3 is 2.55 bits per heavy atom. The van der Waals surface area contributed by atoms with E-state index in [4.69, 9.17) is 11.6 Å². The Morgan fingerprint density at radius 2 is 2.00 bits per heavy atom. The summed E-state index contributed by atoms with van der Waals surface area (Å²) in [6.07, 6.45) is 0.189. The molecule has 110 valence electrons. The summed E-state index contributed by atoms with van der Waals surface area (Å²) in [4.78, 5) is 23.0. The number of hydrogen-bond donors (Lipinski definition) is 2. The molecule has 0 aromatic heterocycles. The minimum absolute atomic E-state index is 0.0762. The van der Waals surface area contributed by atoms with Gasteiger partial charge in [-0.15, -0.1) is 0 Å². The lowest BCUT2D eigenvalue weighted by atomic mass is 10.00. The van der Waals surface area contributed by atoms with Crippen LogP contribution in [0.1, 0.15) is 42.1 Å². The van der Waals surface area contributed by atoms with Crippen LogP contribution in [0, 0.1) is 5.82 Å². The molecule has 0 aliphatic rings. The summed E-state index contributed by atoms with van der Waals surface area (Å²) < 4.78 is 13.8. The maximum absolute atomic E-state index is 13.8. The molecule has 0 radical (unpaired) electrons. The van der Waals surface area contributed by atoms with Gasteiger partial charge in [-0.25, -0.2) is 4.39 Å². The highest BCUT2D eigenvalue weighted by Crippen LogP contribution is 2.26. The Kier molecular flexibility index (Phi) is 5.95. The summed E-state index contributed by atoms with van der Waals surface area (Å²) in [5, 5.41) is 4.98. The molecule has 0 atom stereocenters. The standard InChI is InChI=1S/C14H18ClFN2O2/c1-8(2)10-6-9(7-11(15)13(10)16)14(20)18-5-4-12(19)17-3/h6-8H,4-5H2,1-3H3,(H,17,19)(H,18,20). The third-order valence-corrected chi connectivity index (χ3v) is 3.13. The first-order valence-corrected chi connectivity index (χ1v) is 6.72. The number of amides is 2. The molecule has 1 aromatic carbocycles. The molecule has 6 heteroatoms. The van der Waals surface area contributed by atoms with Gasteiger partial charge in [-0.05, 0) is 23.6 Å². The lowest BCUT2D eigenvalue weighted by Crippen LogP contribution is -2.29. The van der Waals surface area contributed by atoms with Gasteiger partial charge in [0.15, 0.2) is 0 Å². The molecule has 1 rings (SSSR count). The molecule has 1 aromatic rings. The average Bonchev–Trinajstić information content (AvgIpc) is 2.40. The lowest BCUT2D eigenvalue weighted by Gasteiger charge is -2.11. The molecular weight excluding hydrogens is 283 g/mol. The Balaban J connectivity index is 2.81. The van der Waals surface area contributed by atoms with E-state index in [-0.39, 0.29) is 41.3 Å². The normalized spacial score (nSPS) is 10.5. The third-order valence-electron chi connectivity index (χ3n) is 2.86. The Labute approximate surface area is 122 Å². The second-order valence-corrected chi connectivity index (χ2v) is 5.10. The van der Waals surface area contributed by atoms with Crippen LogP contribution in [0.5, 0.6) is 0 Å². The molecule has 4 nitrogen and oxygen atoms in total. The largest absolute Gasteiger partial charge is 0.359 e. The monoisotopic (exact) mass is 300 g/mol. The minimum Gasteiger partial charge on any atom is -0.359 e. The van der Waals surface area contributed by atoms with Crippen molar-refractivity contribution in [2.24, 2.45) is 0 Å². The van der Waals surface area contributed by atoms with E-state index in [2.05, 4.69) is 10.6 Å². The van der Waals surface area contributed by atoms with Crippen molar-refractivity contribution in [1.29, 1.82) is 0 Å². The van der Waals surface area contributed by atoms with Crippen molar-refractivity contribution < 1.29 is 14.0 Å². The Morgan fingerprint density at radius 1 is 1.35 bits per heavy atom. The first kappa shape index (κ1) is 16.4. The molecule has 0 bridgehead atoms. The number of carbonyl (C=O) groups excluding carboxylic acids is 2. The number of rotatable bonds is 5. The van der Waals surface area contributed by atoms with Crippen LogP contribution in [0.3, 0.4) is 0 Å². The Hall–Kier alpha value is -1.62. The highest BCUT2D eigenvalue weighted by molar-refractivity contribution is 6.31. The zero-order valence-electron chi connectivity index (χ0n) is 11.7. The van der Waals surface area contributed by atoms with Gasteiger partial charge in [-0.1, -0.05) is 25.4 Å². The van der Waals surface area contributed by atoms with E-state index in [0.717, 1.165) is 0 Å². The SMILES string of the molecule is CNC(=O)CCNC(=O)c1cc(Cl)c(F)c(C(C)C)c1. The van der Waals surface area contributed by atoms with Gasteiger partial charge in [0.25, 0.3) is 5.91 Å². The van der Waals surface area contributed by atoms with Gasteiger partial charge in [-0.3, -0.25) is 9.59 Å². The van der Waals surface area contributed by atoms with Crippen LogP contribution >= 0.6 is 11.6 Å². The number of benzene rings is 1. The van der Waals surface area contributed by atoms with Crippen LogP contribution in [-0.2, 0) is 4.79 Å². The quantitative estimate of drug-likeness (QED) is 0.877. The van der Waals surface area contributed by atoms with Crippen molar-refractivity contribution in [3.05, 3.63) is 34.1 Å². The topological polar surface area (TPSA) is 58.2 Å². The summed E-state index contributed by atoms with van der Waals surface area (Å²) in [5.41, 5.74) is 0.686. The molecule has 0 saturated heterocycles. The van der Waals surface area contributed by atoms with Crippen LogP contribution in [0.2, 0.25) is 5.02 Å². The zero-order chi connectivity index (χ0) is 15.3. The second-order valence-electron chi connectivity index (χ2n) is 4.70. The summed E-state index contributed by atoms with van der Waals surface area (Å²) in [6.45, 7) is 3.86. The van der Waals surface area contributed by atoms with Crippen LogP contribution in [-0.4, -0.2) is 25.4 Å². The fraction of sp³-hybridized carbons (Fsp3) is 0.429. The molecular formula is C14H18ClFN2O2. The van der Waals surface area contributed by atoms with Gasteiger partial charge in [0.05, 0.1) is 5.02 Å². The lowest BCUT2D eigenvalue weighted by molar-refractivity contribution is -0.120. The minimum atomic E-state index is -0.497. The predicted molar refractivity (Wildman–Crippen MR) is 76.5 cm³/mol. The van der Waals surface area contributed by atoms with Gasteiger partial charge in [-0.2, -0.15) is 0 Å². The average molecular weight is 301 g/mol. The molecule has 20 heavy (non-hydrogen) atoms. The number of hydrogen-bond acceptors (Lipinski definition) is 2. The Bertz CT molecular complexity index is 518. The van der Waals surface area contributed by atoms with E-state index in [1.807, 2.05) is 13.8 Å². The van der Waals surface area contributed by atoms with Crippen molar-refractivity contribution in [2.75, 3.05) is 13.6 Å². The molecule has 2 amide bonds. The van der Waals surface area contributed by atoms with Gasteiger partial charge in [0.1, 0.15) is 5.82 Å². The third kappa shape index (κ3) is 4.20. The number of carbonyl (C=O) groups is 2. The maximum atomic E-state index is 13.8. The van der Waals surface area contributed by atoms with Gasteiger partial charge >= 0.3 is 0 Å². The summed E-state index contributed by atoms with van der Waals surface area (Å²) in [6, 6.07) is 2.78. The molecule has 0 fully saturated rings. The summed E-state index contributed by atoms with van der Waals surface area (Å²) in [5.74, 6) is -1.11. The van der Waals surface area contributed by atoms with Crippen molar-refractivity contribution in [1.82, 2.24) is 10.6 Å². The van der Waals surface area contributed by atoms with E-state index in [1.165, 1.54) is 19.2 Å². The number of halogens is 2. The number of nitrogens with one attached hydrogen (secondary N) is 2. The van der Waals surface area contributed by atoms with Crippen LogP contribution < -0.4 is 10.6 Å². The second kappa shape index (κ2) is 7.24. The van der Waals surface area contributed by atoms with E-state index in [0.29, 0.717) is 5.56 Å². The zero-order valence-corrected chi connectivity index (χ0v) is 12.5. The molecule has 0 aliphatic heterocycles. The van der Waals surface area contributed by atoms with E-state index in [1.54, 1.807) is 0 Å². The first-order valence-electron chi connectivity index (χ1n) is 6.34. The molecule has 0 saturated carbocycles. The van der Waals surface area contributed by atoms with Gasteiger partial charge < -0.3 is 10.6 Å². The van der Waals surface area contributed by atoms with Crippen molar-refractivity contribution in [2.45, 2.75) is 26.2 Å². The van der Waals surface area contributed by atoms with Crippen molar-refractivity contribution in [3.8, 4) is 0 Å². The fourth-order valence-electron chi connectivity index (χ4n) is 1.68. The van der Waals surface area contributed by atoms with E-state index in [9.17, 15) is 14.0 Å². The molecule has 0 aliphatic carbocycles. The van der Waals surface area contributed by atoms with Crippen LogP contribution in [0.25, 0.3) is 0 Å². The van der Waals surface area contributed by atoms with Crippen molar-refractivity contribution in [3.63, 3.8) is 0 Å². The summed E-state index contributed by atoms with van der Waals surface area (Å²) in [7, 11) is 1.53.